The average Bonchev–Trinajstić information content (AvgIpc) is 2.85. The minimum absolute atomic E-state index is 0.00896. The topological polar surface area (TPSA) is 90.9 Å². The number of nitrogens with one attached hydrogen (secondary N) is 2. The van der Waals surface area contributed by atoms with E-state index in [2.05, 4.69) is 20.5 Å². The summed E-state index contributed by atoms with van der Waals surface area (Å²) in [6.45, 7) is 5.51. The molecule has 0 saturated carbocycles. The molecular weight excluding hydrogens is 311 g/mol. The van der Waals surface area contributed by atoms with Crippen molar-refractivity contribution < 1.29 is 14.3 Å². The first kappa shape index (κ1) is 16.2. The number of H-pyrrole nitrogens is 1. The van der Waals surface area contributed by atoms with Crippen molar-refractivity contribution in [2.75, 3.05) is 0 Å². The van der Waals surface area contributed by atoms with Crippen LogP contribution in [0.3, 0.4) is 0 Å². The van der Waals surface area contributed by atoms with Gasteiger partial charge < -0.3 is 10.4 Å². The van der Waals surface area contributed by atoms with Crippen molar-refractivity contribution in [1.29, 1.82) is 0 Å². The number of phenols is 1. The third kappa shape index (κ3) is 3.36. The minimum Gasteiger partial charge on any atom is -0.506 e. The molecule has 0 aliphatic rings. The normalized spacial score (nSPS) is 12.5. The molecule has 0 bridgehead atoms. The van der Waals surface area contributed by atoms with Crippen molar-refractivity contribution in [1.82, 2.24) is 20.5 Å². The number of aromatic hydroxyl groups is 1. The number of hydrogen-bond acceptors (Lipinski definition) is 4. The molecule has 8 heteroatoms. The molecule has 0 spiro atoms. The Balaban J connectivity index is 2.29. The maximum atomic E-state index is 13.4. The number of aromatic amines is 1. The Labute approximate surface area is 131 Å². The molecule has 22 heavy (non-hydrogen) atoms. The fourth-order valence-corrected chi connectivity index (χ4v) is 2.19. The fraction of sp³-hybridized carbons (Fsp3) is 0.357. The van der Waals surface area contributed by atoms with Crippen LogP contribution < -0.4 is 5.32 Å². The number of aromatic nitrogens is 3. The van der Waals surface area contributed by atoms with Crippen LogP contribution in [0.25, 0.3) is 0 Å². The van der Waals surface area contributed by atoms with Crippen molar-refractivity contribution in [3.63, 3.8) is 0 Å². The summed E-state index contributed by atoms with van der Waals surface area (Å²) in [4.78, 5) is 16.5. The smallest absolute Gasteiger partial charge is 0.255 e. The number of aryl methyl sites for hydroxylation is 1. The van der Waals surface area contributed by atoms with E-state index in [1.54, 1.807) is 6.92 Å². The quantitative estimate of drug-likeness (QED) is 0.805. The van der Waals surface area contributed by atoms with E-state index in [1.165, 1.54) is 0 Å². The van der Waals surface area contributed by atoms with Crippen LogP contribution >= 0.6 is 11.6 Å². The van der Waals surface area contributed by atoms with Crippen molar-refractivity contribution in [2.24, 2.45) is 5.92 Å². The number of carbonyl (C=O) groups is 1. The first-order valence-electron chi connectivity index (χ1n) is 6.67. The average molecular weight is 327 g/mol. The van der Waals surface area contributed by atoms with Gasteiger partial charge >= 0.3 is 0 Å². The van der Waals surface area contributed by atoms with Gasteiger partial charge in [-0.2, -0.15) is 5.10 Å². The molecule has 0 fully saturated rings. The van der Waals surface area contributed by atoms with Gasteiger partial charge in [0.1, 0.15) is 17.4 Å². The lowest BCUT2D eigenvalue weighted by atomic mass is 10.0. The van der Waals surface area contributed by atoms with Gasteiger partial charge in [0, 0.05) is 0 Å². The Bertz CT molecular complexity index is 702. The van der Waals surface area contributed by atoms with E-state index >= 15 is 0 Å². The second kappa shape index (κ2) is 6.31. The number of amides is 1. The maximum Gasteiger partial charge on any atom is 0.255 e. The van der Waals surface area contributed by atoms with Crippen molar-refractivity contribution in [2.45, 2.75) is 26.8 Å². The Morgan fingerprint density at radius 2 is 2.14 bits per heavy atom. The molecule has 0 radical (unpaired) electrons. The molecule has 0 saturated heterocycles. The van der Waals surface area contributed by atoms with Gasteiger partial charge in [0.05, 0.1) is 16.6 Å². The molecule has 0 aliphatic carbocycles. The second-order valence-corrected chi connectivity index (χ2v) is 5.67. The van der Waals surface area contributed by atoms with Crippen LogP contribution in [-0.2, 0) is 0 Å². The van der Waals surface area contributed by atoms with Crippen molar-refractivity contribution in [3.8, 4) is 5.75 Å². The number of benzene rings is 1. The summed E-state index contributed by atoms with van der Waals surface area (Å²) < 4.78 is 13.4. The van der Waals surface area contributed by atoms with E-state index in [4.69, 9.17) is 11.6 Å². The first-order valence-corrected chi connectivity index (χ1v) is 7.05. The molecule has 118 valence electrons. The van der Waals surface area contributed by atoms with Crippen molar-refractivity contribution in [3.05, 3.63) is 40.2 Å². The molecule has 3 N–H and O–H groups in total. The number of phenolic OH excluding ortho intramolecular Hbond substituents is 1. The molecule has 2 rings (SSSR count). The SMILES string of the molecule is Cc1nc(C(NC(=O)c2cc(F)cc(Cl)c2O)C(C)C)n[nH]1. The van der Waals surface area contributed by atoms with Gasteiger partial charge in [0.2, 0.25) is 0 Å². The molecule has 6 nitrogen and oxygen atoms in total. The maximum absolute atomic E-state index is 13.4. The van der Waals surface area contributed by atoms with Crippen LogP contribution in [0.15, 0.2) is 12.1 Å². The van der Waals surface area contributed by atoms with Crippen LogP contribution in [0.4, 0.5) is 4.39 Å². The summed E-state index contributed by atoms with van der Waals surface area (Å²) in [6.07, 6.45) is 0. The summed E-state index contributed by atoms with van der Waals surface area (Å²) in [5.41, 5.74) is -0.233. The number of carbonyl (C=O) groups excluding carboxylic acids is 1. The lowest BCUT2D eigenvalue weighted by molar-refractivity contribution is 0.0920. The second-order valence-electron chi connectivity index (χ2n) is 5.26. The molecule has 1 heterocycles. The first-order chi connectivity index (χ1) is 10.3. The van der Waals surface area contributed by atoms with E-state index in [-0.39, 0.29) is 16.5 Å². The predicted octanol–water partition coefficient (Wildman–Crippen LogP) is 2.74. The highest BCUT2D eigenvalue weighted by Crippen LogP contribution is 2.29. The van der Waals surface area contributed by atoms with Gasteiger partial charge in [-0.05, 0) is 25.0 Å². The van der Waals surface area contributed by atoms with Crippen LogP contribution in [0.1, 0.15) is 41.9 Å². The lowest BCUT2D eigenvalue weighted by Crippen LogP contribution is -2.32. The summed E-state index contributed by atoms with van der Waals surface area (Å²) in [6, 6.07) is 1.38. The van der Waals surface area contributed by atoms with Gasteiger partial charge in [0.25, 0.3) is 5.91 Å². The van der Waals surface area contributed by atoms with Gasteiger partial charge in [-0.3, -0.25) is 9.89 Å². The van der Waals surface area contributed by atoms with Crippen LogP contribution in [0.5, 0.6) is 5.75 Å². The standard InChI is InChI=1S/C14H16ClFN4O2/c1-6(2)11(13-17-7(3)19-20-13)18-14(22)9-4-8(16)5-10(15)12(9)21/h4-6,11,21H,1-3H3,(H,18,22)(H,17,19,20). The summed E-state index contributed by atoms with van der Waals surface area (Å²) in [5.74, 6) is -0.795. The van der Waals surface area contributed by atoms with E-state index in [0.717, 1.165) is 12.1 Å². The molecule has 2 aromatic rings. The monoisotopic (exact) mass is 326 g/mol. The van der Waals surface area contributed by atoms with E-state index in [1.807, 2.05) is 13.8 Å². The number of halogens is 2. The van der Waals surface area contributed by atoms with E-state index in [0.29, 0.717) is 11.6 Å². The Morgan fingerprint density at radius 3 is 2.68 bits per heavy atom. The molecule has 1 aromatic heterocycles. The lowest BCUT2D eigenvalue weighted by Gasteiger charge is -2.20. The number of rotatable bonds is 4. The Morgan fingerprint density at radius 1 is 1.45 bits per heavy atom. The highest BCUT2D eigenvalue weighted by molar-refractivity contribution is 6.32. The van der Waals surface area contributed by atoms with Crippen molar-refractivity contribution >= 4 is 17.5 Å². The van der Waals surface area contributed by atoms with Crippen LogP contribution in [0.2, 0.25) is 5.02 Å². The minimum atomic E-state index is -0.706. The zero-order valence-corrected chi connectivity index (χ0v) is 13.1. The summed E-state index contributed by atoms with van der Waals surface area (Å²) in [7, 11) is 0. The molecular formula is C14H16ClFN4O2. The largest absolute Gasteiger partial charge is 0.506 e. The zero-order chi connectivity index (χ0) is 16.4. The predicted molar refractivity (Wildman–Crippen MR) is 79.2 cm³/mol. The highest BCUT2D eigenvalue weighted by atomic mass is 35.5. The molecule has 1 unspecified atom stereocenters. The van der Waals surface area contributed by atoms with E-state index in [9.17, 15) is 14.3 Å². The molecule has 1 amide bonds. The molecule has 0 aliphatic heterocycles. The van der Waals surface area contributed by atoms with Gasteiger partial charge in [0.15, 0.2) is 5.82 Å². The Hall–Kier alpha value is -2.15. The van der Waals surface area contributed by atoms with E-state index < -0.39 is 23.5 Å². The third-order valence-corrected chi connectivity index (χ3v) is 3.41. The molecule has 1 atom stereocenters. The highest BCUT2D eigenvalue weighted by Gasteiger charge is 2.25. The summed E-state index contributed by atoms with van der Waals surface area (Å²) in [5, 5.41) is 19.0. The molecule has 1 aromatic carbocycles. The van der Waals surface area contributed by atoms with Gasteiger partial charge in [-0.15, -0.1) is 0 Å². The number of nitrogens with zero attached hydrogens (tertiary/aromatic N) is 2. The van der Waals surface area contributed by atoms with Crippen LogP contribution in [0, 0.1) is 18.7 Å². The van der Waals surface area contributed by atoms with Gasteiger partial charge in [-0.25, -0.2) is 9.37 Å². The third-order valence-electron chi connectivity index (χ3n) is 3.12. The summed E-state index contributed by atoms with van der Waals surface area (Å²) >= 11 is 5.68. The Kier molecular flexibility index (Phi) is 4.65. The van der Waals surface area contributed by atoms with Crippen LogP contribution in [-0.4, -0.2) is 26.2 Å². The fourth-order valence-electron chi connectivity index (χ4n) is 1.99. The van der Waals surface area contributed by atoms with Gasteiger partial charge in [-0.1, -0.05) is 25.4 Å². The number of hydrogen-bond donors (Lipinski definition) is 3. The zero-order valence-electron chi connectivity index (χ0n) is 12.3.